The summed E-state index contributed by atoms with van der Waals surface area (Å²) in [6.07, 6.45) is 5.46. The van der Waals surface area contributed by atoms with Crippen molar-refractivity contribution in [3.05, 3.63) is 22.8 Å². The zero-order valence-corrected chi connectivity index (χ0v) is 11.8. The predicted octanol–water partition coefficient (Wildman–Crippen LogP) is 3.51. The van der Waals surface area contributed by atoms with Gasteiger partial charge >= 0.3 is 0 Å². The van der Waals surface area contributed by atoms with Gasteiger partial charge in [-0.3, -0.25) is 0 Å². The smallest absolute Gasteiger partial charge is 0.150 e. The highest BCUT2D eigenvalue weighted by Crippen LogP contribution is 2.31. The van der Waals surface area contributed by atoms with Gasteiger partial charge in [-0.25, -0.2) is 4.68 Å². The highest BCUT2D eigenvalue weighted by Gasteiger charge is 2.18. The summed E-state index contributed by atoms with van der Waals surface area (Å²) in [5.74, 6) is 0.786. The van der Waals surface area contributed by atoms with E-state index in [1.165, 1.54) is 6.42 Å². The van der Waals surface area contributed by atoms with Gasteiger partial charge in [-0.2, -0.15) is 5.10 Å². The van der Waals surface area contributed by atoms with Crippen LogP contribution in [0.2, 0.25) is 0 Å². The van der Waals surface area contributed by atoms with E-state index >= 15 is 0 Å². The first-order chi connectivity index (χ1) is 8.78. The van der Waals surface area contributed by atoms with E-state index in [2.05, 4.69) is 21.0 Å². The van der Waals surface area contributed by atoms with E-state index in [4.69, 9.17) is 9.47 Å². The van der Waals surface area contributed by atoms with Crippen molar-refractivity contribution in [3.8, 4) is 5.75 Å². The molecule has 1 unspecified atom stereocenters. The lowest BCUT2D eigenvalue weighted by atomic mass is 10.2. The number of nitrogens with zero attached hydrogens (tertiary/aromatic N) is 2. The Balaban J connectivity index is 2.04. The van der Waals surface area contributed by atoms with E-state index in [0.29, 0.717) is 0 Å². The summed E-state index contributed by atoms with van der Waals surface area (Å²) in [6, 6.07) is 3.98. The standard InChI is InChI=1S/C13H15BrN2O2/c1-17-11-7-10(14)6-9-8-16(15-13(9)11)12-4-2-3-5-18-12/h6-8,12H,2-5H2,1H3. The molecule has 4 nitrogen and oxygen atoms in total. The second-order valence-corrected chi connectivity index (χ2v) is 5.39. The fraction of sp³-hybridized carbons (Fsp3) is 0.462. The Hall–Kier alpha value is -1.07. The summed E-state index contributed by atoms with van der Waals surface area (Å²) in [5.41, 5.74) is 0.884. The Kier molecular flexibility index (Phi) is 3.26. The minimum absolute atomic E-state index is 0.0645. The van der Waals surface area contributed by atoms with Gasteiger partial charge in [0, 0.05) is 22.7 Å². The van der Waals surface area contributed by atoms with Gasteiger partial charge in [0.2, 0.25) is 0 Å². The zero-order chi connectivity index (χ0) is 12.5. The summed E-state index contributed by atoms with van der Waals surface area (Å²) in [4.78, 5) is 0. The first-order valence-corrected chi connectivity index (χ1v) is 6.91. The maximum absolute atomic E-state index is 5.75. The summed E-state index contributed by atoms with van der Waals surface area (Å²) < 4.78 is 14.0. The zero-order valence-electron chi connectivity index (χ0n) is 10.2. The molecule has 1 aromatic carbocycles. The minimum Gasteiger partial charge on any atom is -0.494 e. The third kappa shape index (κ3) is 2.12. The molecule has 5 heteroatoms. The molecule has 0 N–H and O–H groups in total. The maximum Gasteiger partial charge on any atom is 0.150 e. The molecule has 1 atom stereocenters. The molecular formula is C13H15BrN2O2. The van der Waals surface area contributed by atoms with Gasteiger partial charge in [0.05, 0.1) is 7.11 Å². The molecule has 1 fully saturated rings. The number of hydrogen-bond acceptors (Lipinski definition) is 3. The van der Waals surface area contributed by atoms with Crippen LogP contribution in [0.3, 0.4) is 0 Å². The van der Waals surface area contributed by atoms with Gasteiger partial charge in [-0.1, -0.05) is 15.9 Å². The maximum atomic E-state index is 5.75. The molecule has 0 spiro atoms. The number of hydrogen-bond donors (Lipinski definition) is 0. The fourth-order valence-corrected chi connectivity index (χ4v) is 2.78. The van der Waals surface area contributed by atoms with Gasteiger partial charge in [0.15, 0.2) is 0 Å². The molecule has 3 rings (SSSR count). The van der Waals surface area contributed by atoms with Crippen molar-refractivity contribution < 1.29 is 9.47 Å². The molecule has 0 radical (unpaired) electrons. The monoisotopic (exact) mass is 310 g/mol. The molecule has 1 aliphatic rings. The van der Waals surface area contributed by atoms with E-state index in [1.807, 2.05) is 23.0 Å². The molecule has 0 amide bonds. The van der Waals surface area contributed by atoms with E-state index in [9.17, 15) is 0 Å². The third-order valence-electron chi connectivity index (χ3n) is 3.23. The van der Waals surface area contributed by atoms with Crippen LogP contribution in [0.15, 0.2) is 22.8 Å². The molecule has 1 saturated heterocycles. The van der Waals surface area contributed by atoms with E-state index in [-0.39, 0.29) is 6.23 Å². The van der Waals surface area contributed by atoms with Crippen LogP contribution in [-0.2, 0) is 4.74 Å². The van der Waals surface area contributed by atoms with Crippen LogP contribution in [0, 0.1) is 0 Å². The minimum atomic E-state index is 0.0645. The summed E-state index contributed by atoms with van der Waals surface area (Å²) >= 11 is 3.48. The molecule has 1 aromatic heterocycles. The van der Waals surface area contributed by atoms with E-state index in [0.717, 1.165) is 40.6 Å². The van der Waals surface area contributed by atoms with Gasteiger partial charge in [-0.05, 0) is 31.4 Å². The van der Waals surface area contributed by atoms with Crippen molar-refractivity contribution >= 4 is 26.8 Å². The predicted molar refractivity (Wildman–Crippen MR) is 72.8 cm³/mol. The van der Waals surface area contributed by atoms with Crippen LogP contribution < -0.4 is 4.74 Å². The summed E-state index contributed by atoms with van der Waals surface area (Å²) in [5, 5.41) is 5.66. The SMILES string of the molecule is COc1cc(Br)cc2cn(C3CCCCO3)nc12. The number of ether oxygens (including phenoxy) is 2. The third-order valence-corrected chi connectivity index (χ3v) is 3.68. The number of halogens is 1. The summed E-state index contributed by atoms with van der Waals surface area (Å²) in [7, 11) is 1.66. The lowest BCUT2D eigenvalue weighted by Crippen LogP contribution is -2.18. The first kappa shape index (κ1) is 12.0. The molecule has 2 heterocycles. The van der Waals surface area contributed by atoms with Crippen LogP contribution in [0.25, 0.3) is 10.9 Å². The van der Waals surface area contributed by atoms with Crippen LogP contribution >= 0.6 is 15.9 Å². The van der Waals surface area contributed by atoms with Crippen molar-refractivity contribution in [3.63, 3.8) is 0 Å². The second kappa shape index (κ2) is 4.90. The van der Waals surface area contributed by atoms with Crippen LogP contribution in [0.4, 0.5) is 0 Å². The molecule has 18 heavy (non-hydrogen) atoms. The molecule has 0 aliphatic carbocycles. The average molecular weight is 311 g/mol. The number of fused-ring (bicyclic) bond motifs is 1. The van der Waals surface area contributed by atoms with Crippen LogP contribution in [0.1, 0.15) is 25.5 Å². The van der Waals surface area contributed by atoms with Gasteiger partial charge in [0.1, 0.15) is 17.5 Å². The molecule has 96 valence electrons. The van der Waals surface area contributed by atoms with Crippen LogP contribution in [0.5, 0.6) is 5.75 Å². The van der Waals surface area contributed by atoms with Gasteiger partial charge in [0.25, 0.3) is 0 Å². The normalized spacial score (nSPS) is 20.2. The molecule has 2 aromatic rings. The summed E-state index contributed by atoms with van der Waals surface area (Å²) in [6.45, 7) is 0.821. The van der Waals surface area contributed by atoms with Crippen molar-refractivity contribution in [2.75, 3.05) is 13.7 Å². The average Bonchev–Trinajstić information content (AvgIpc) is 2.82. The topological polar surface area (TPSA) is 36.3 Å². The quantitative estimate of drug-likeness (QED) is 0.851. The van der Waals surface area contributed by atoms with Gasteiger partial charge < -0.3 is 9.47 Å². The highest BCUT2D eigenvalue weighted by atomic mass is 79.9. The van der Waals surface area contributed by atoms with E-state index in [1.54, 1.807) is 7.11 Å². The lowest BCUT2D eigenvalue weighted by Gasteiger charge is -2.22. The molecular weight excluding hydrogens is 296 g/mol. The van der Waals surface area contributed by atoms with Crippen molar-refractivity contribution in [2.24, 2.45) is 0 Å². The Morgan fingerprint density at radius 1 is 1.44 bits per heavy atom. The number of benzene rings is 1. The Morgan fingerprint density at radius 2 is 2.33 bits per heavy atom. The Morgan fingerprint density at radius 3 is 3.06 bits per heavy atom. The largest absolute Gasteiger partial charge is 0.494 e. The molecule has 0 saturated carbocycles. The number of aromatic nitrogens is 2. The number of methoxy groups -OCH3 is 1. The van der Waals surface area contributed by atoms with Crippen molar-refractivity contribution in [1.29, 1.82) is 0 Å². The molecule has 1 aliphatic heterocycles. The highest BCUT2D eigenvalue weighted by molar-refractivity contribution is 9.10. The number of rotatable bonds is 2. The first-order valence-electron chi connectivity index (χ1n) is 6.12. The van der Waals surface area contributed by atoms with Gasteiger partial charge in [-0.15, -0.1) is 0 Å². The van der Waals surface area contributed by atoms with E-state index < -0.39 is 0 Å². The second-order valence-electron chi connectivity index (χ2n) is 4.48. The Bertz CT molecular complexity index is 561. The fourth-order valence-electron chi connectivity index (χ4n) is 2.32. The lowest BCUT2D eigenvalue weighted by molar-refractivity contribution is -0.0390. The van der Waals surface area contributed by atoms with Crippen molar-refractivity contribution in [2.45, 2.75) is 25.5 Å². The molecule has 0 bridgehead atoms. The Labute approximate surface area is 114 Å². The van der Waals surface area contributed by atoms with Crippen LogP contribution in [-0.4, -0.2) is 23.5 Å². The van der Waals surface area contributed by atoms with Crippen molar-refractivity contribution in [1.82, 2.24) is 9.78 Å².